The topological polar surface area (TPSA) is 60.4 Å². The standard InChI is InChI=1S/C11H19N3OS/c1-4-11(5-2,8-12)9(15)13-10-14(3)6-7-16-10/h6-7H,4-5,8,12H2,1-3H3. The molecule has 1 amide bonds. The lowest BCUT2D eigenvalue weighted by Gasteiger charge is -2.25. The molecular formula is C11H19N3OS. The minimum Gasteiger partial charge on any atom is -0.329 e. The van der Waals surface area contributed by atoms with Crippen LogP contribution in [0.25, 0.3) is 0 Å². The Kier molecular flexibility index (Phi) is 4.44. The first-order valence-corrected chi connectivity index (χ1v) is 6.37. The molecule has 1 aromatic heterocycles. The summed E-state index contributed by atoms with van der Waals surface area (Å²) in [6.45, 7) is 4.33. The zero-order valence-electron chi connectivity index (χ0n) is 10.1. The lowest BCUT2D eigenvalue weighted by Crippen LogP contribution is -2.37. The normalized spacial score (nSPS) is 13.1. The average molecular weight is 241 g/mol. The zero-order valence-corrected chi connectivity index (χ0v) is 10.9. The van der Waals surface area contributed by atoms with Crippen molar-refractivity contribution in [1.29, 1.82) is 0 Å². The van der Waals surface area contributed by atoms with Crippen LogP contribution >= 0.6 is 11.3 Å². The molecule has 0 radical (unpaired) electrons. The highest BCUT2D eigenvalue weighted by Crippen LogP contribution is 2.26. The Bertz CT molecular complexity index is 407. The second kappa shape index (κ2) is 5.41. The second-order valence-corrected chi connectivity index (χ2v) is 4.78. The van der Waals surface area contributed by atoms with E-state index in [0.29, 0.717) is 6.54 Å². The van der Waals surface area contributed by atoms with Crippen molar-refractivity contribution in [2.24, 2.45) is 23.2 Å². The molecule has 0 atom stereocenters. The summed E-state index contributed by atoms with van der Waals surface area (Å²) in [7, 11) is 1.88. The number of aromatic nitrogens is 1. The molecule has 0 bridgehead atoms. The zero-order chi connectivity index (χ0) is 12.2. The highest BCUT2D eigenvalue weighted by Gasteiger charge is 2.33. The first kappa shape index (κ1) is 13.1. The molecule has 2 N–H and O–H groups in total. The van der Waals surface area contributed by atoms with Crippen LogP contribution in [0, 0.1) is 5.41 Å². The van der Waals surface area contributed by atoms with Gasteiger partial charge in [0.05, 0.1) is 5.41 Å². The fourth-order valence-electron chi connectivity index (χ4n) is 1.57. The van der Waals surface area contributed by atoms with Crippen LogP contribution in [0.1, 0.15) is 26.7 Å². The molecule has 0 fully saturated rings. The van der Waals surface area contributed by atoms with Crippen LogP contribution in [-0.4, -0.2) is 17.0 Å². The van der Waals surface area contributed by atoms with Gasteiger partial charge in [-0.15, -0.1) is 11.3 Å². The van der Waals surface area contributed by atoms with Gasteiger partial charge in [-0.3, -0.25) is 4.79 Å². The van der Waals surface area contributed by atoms with Gasteiger partial charge in [0, 0.05) is 25.2 Å². The number of nitrogens with zero attached hydrogens (tertiary/aromatic N) is 2. The van der Waals surface area contributed by atoms with Gasteiger partial charge in [0.15, 0.2) is 4.80 Å². The molecule has 16 heavy (non-hydrogen) atoms. The van der Waals surface area contributed by atoms with Gasteiger partial charge in [0.2, 0.25) is 0 Å². The van der Waals surface area contributed by atoms with Gasteiger partial charge in [0.1, 0.15) is 0 Å². The van der Waals surface area contributed by atoms with E-state index in [1.54, 1.807) is 0 Å². The molecule has 5 heteroatoms. The van der Waals surface area contributed by atoms with Crippen molar-refractivity contribution in [3.63, 3.8) is 0 Å². The van der Waals surface area contributed by atoms with Crippen molar-refractivity contribution < 1.29 is 4.79 Å². The summed E-state index contributed by atoms with van der Waals surface area (Å²) in [5.74, 6) is -0.0990. The van der Waals surface area contributed by atoms with Crippen LogP contribution in [0.4, 0.5) is 0 Å². The summed E-state index contributed by atoms with van der Waals surface area (Å²) in [6, 6.07) is 0. The maximum Gasteiger partial charge on any atom is 0.255 e. The quantitative estimate of drug-likeness (QED) is 0.863. The summed E-state index contributed by atoms with van der Waals surface area (Å²) in [5, 5.41) is 1.91. The Morgan fingerprint density at radius 3 is 2.56 bits per heavy atom. The summed E-state index contributed by atoms with van der Waals surface area (Å²) < 4.78 is 1.84. The molecular weight excluding hydrogens is 222 g/mol. The molecule has 4 nitrogen and oxygen atoms in total. The summed E-state index contributed by atoms with van der Waals surface area (Å²) >= 11 is 1.46. The largest absolute Gasteiger partial charge is 0.329 e. The molecule has 0 unspecified atom stereocenters. The van der Waals surface area contributed by atoms with Crippen molar-refractivity contribution in [1.82, 2.24) is 4.57 Å². The minimum atomic E-state index is -0.489. The van der Waals surface area contributed by atoms with Crippen LogP contribution in [0.5, 0.6) is 0 Å². The average Bonchev–Trinajstić information content (AvgIpc) is 2.68. The highest BCUT2D eigenvalue weighted by molar-refractivity contribution is 7.07. The Morgan fingerprint density at radius 1 is 1.56 bits per heavy atom. The molecule has 1 aromatic rings. The Labute approximate surface area is 99.8 Å². The number of carbonyl (C=O) groups is 1. The SMILES string of the molecule is CCC(CC)(CN)C(=O)N=c1sccn1C. The van der Waals surface area contributed by atoms with Gasteiger partial charge < -0.3 is 10.3 Å². The maximum absolute atomic E-state index is 12.1. The van der Waals surface area contributed by atoms with Crippen LogP contribution in [-0.2, 0) is 11.8 Å². The minimum absolute atomic E-state index is 0.0990. The fraction of sp³-hybridized carbons (Fsp3) is 0.636. The van der Waals surface area contributed by atoms with Gasteiger partial charge in [-0.2, -0.15) is 4.99 Å². The first-order chi connectivity index (χ1) is 7.59. The predicted molar refractivity (Wildman–Crippen MR) is 65.9 cm³/mol. The number of thiazole rings is 1. The lowest BCUT2D eigenvalue weighted by atomic mass is 9.82. The van der Waals surface area contributed by atoms with E-state index in [4.69, 9.17) is 5.73 Å². The van der Waals surface area contributed by atoms with Gasteiger partial charge in [-0.05, 0) is 12.8 Å². The third kappa shape index (κ3) is 2.41. The molecule has 1 rings (SSSR count). The first-order valence-electron chi connectivity index (χ1n) is 5.49. The number of aryl methyl sites for hydroxylation is 1. The van der Waals surface area contributed by atoms with Crippen LogP contribution in [0.15, 0.2) is 16.6 Å². The van der Waals surface area contributed by atoms with Crippen molar-refractivity contribution in [2.45, 2.75) is 26.7 Å². The number of carbonyl (C=O) groups excluding carboxylic acids is 1. The Morgan fingerprint density at radius 2 is 2.19 bits per heavy atom. The molecule has 0 aliphatic rings. The van der Waals surface area contributed by atoms with Crippen molar-refractivity contribution in [3.05, 3.63) is 16.4 Å². The highest BCUT2D eigenvalue weighted by atomic mass is 32.1. The second-order valence-electron chi connectivity index (χ2n) is 3.91. The Balaban J connectivity index is 3.07. The Hall–Kier alpha value is -0.940. The number of hydrogen-bond acceptors (Lipinski definition) is 3. The van der Waals surface area contributed by atoms with Crippen LogP contribution in [0.2, 0.25) is 0 Å². The van der Waals surface area contributed by atoms with E-state index in [-0.39, 0.29) is 5.91 Å². The monoisotopic (exact) mass is 241 g/mol. The van der Waals surface area contributed by atoms with E-state index < -0.39 is 5.41 Å². The third-order valence-electron chi connectivity index (χ3n) is 3.15. The van der Waals surface area contributed by atoms with E-state index in [0.717, 1.165) is 17.6 Å². The van der Waals surface area contributed by atoms with Gasteiger partial charge in [0.25, 0.3) is 5.91 Å². The van der Waals surface area contributed by atoms with Gasteiger partial charge in [-0.1, -0.05) is 13.8 Å². The number of rotatable bonds is 4. The van der Waals surface area contributed by atoms with Crippen LogP contribution in [0.3, 0.4) is 0 Å². The van der Waals surface area contributed by atoms with Gasteiger partial charge >= 0.3 is 0 Å². The van der Waals surface area contributed by atoms with Crippen LogP contribution < -0.4 is 10.5 Å². The molecule has 90 valence electrons. The molecule has 0 saturated heterocycles. The molecule has 0 spiro atoms. The van der Waals surface area contributed by atoms with Crippen molar-refractivity contribution >= 4 is 17.2 Å². The predicted octanol–water partition coefficient (Wildman–Crippen LogP) is 1.28. The van der Waals surface area contributed by atoms with Crippen molar-refractivity contribution in [2.75, 3.05) is 6.54 Å². The number of amides is 1. The maximum atomic E-state index is 12.1. The number of nitrogens with two attached hydrogens (primary N) is 1. The van der Waals surface area contributed by atoms with Crippen molar-refractivity contribution in [3.8, 4) is 0 Å². The van der Waals surface area contributed by atoms with E-state index >= 15 is 0 Å². The van der Waals surface area contributed by atoms with E-state index in [1.165, 1.54) is 11.3 Å². The molecule has 0 aliphatic heterocycles. The van der Waals surface area contributed by atoms with Gasteiger partial charge in [-0.25, -0.2) is 0 Å². The lowest BCUT2D eigenvalue weighted by molar-refractivity contribution is -0.127. The smallest absolute Gasteiger partial charge is 0.255 e. The molecule has 1 heterocycles. The molecule has 0 aliphatic carbocycles. The third-order valence-corrected chi connectivity index (χ3v) is 4.00. The summed E-state index contributed by atoms with van der Waals surface area (Å²) in [5.41, 5.74) is 5.22. The number of hydrogen-bond donors (Lipinski definition) is 1. The van der Waals surface area contributed by atoms with E-state index in [2.05, 4.69) is 4.99 Å². The van der Waals surface area contributed by atoms with E-state index in [9.17, 15) is 4.79 Å². The summed E-state index contributed by atoms with van der Waals surface area (Å²) in [4.78, 5) is 17.0. The fourth-order valence-corrected chi connectivity index (χ4v) is 2.30. The molecule has 0 aromatic carbocycles. The molecule has 0 saturated carbocycles. The summed E-state index contributed by atoms with van der Waals surface area (Å²) in [6.07, 6.45) is 3.35. The van der Waals surface area contributed by atoms with E-state index in [1.807, 2.05) is 37.0 Å².